The molecule has 2 aromatic rings. The van der Waals surface area contributed by atoms with E-state index >= 15 is 0 Å². The first-order valence-corrected chi connectivity index (χ1v) is 6.45. The zero-order chi connectivity index (χ0) is 14.5. The van der Waals surface area contributed by atoms with Crippen molar-refractivity contribution < 1.29 is 14.3 Å². The maximum atomic E-state index is 11.7. The molecule has 2 rings (SSSR count). The molecule has 20 heavy (non-hydrogen) atoms. The van der Waals surface area contributed by atoms with E-state index in [-0.39, 0.29) is 5.97 Å². The van der Waals surface area contributed by atoms with E-state index in [9.17, 15) is 4.79 Å². The quantitative estimate of drug-likeness (QED) is 0.801. The summed E-state index contributed by atoms with van der Waals surface area (Å²) in [5, 5.41) is 0. The molecule has 4 nitrogen and oxygen atoms in total. The minimum atomic E-state index is -0.338. The van der Waals surface area contributed by atoms with Gasteiger partial charge in [-0.25, -0.2) is 4.79 Å². The van der Waals surface area contributed by atoms with Gasteiger partial charge in [-0.3, -0.25) is 4.98 Å². The van der Waals surface area contributed by atoms with Crippen LogP contribution in [0.25, 0.3) is 11.3 Å². The summed E-state index contributed by atoms with van der Waals surface area (Å²) in [6, 6.07) is 11.2. The van der Waals surface area contributed by atoms with Crippen LogP contribution < -0.4 is 4.74 Å². The molecule has 0 aliphatic carbocycles. The van der Waals surface area contributed by atoms with Gasteiger partial charge in [-0.15, -0.1) is 0 Å². The molecule has 0 radical (unpaired) electrons. The van der Waals surface area contributed by atoms with Crippen molar-refractivity contribution in [2.75, 3.05) is 13.7 Å². The maximum absolute atomic E-state index is 11.7. The van der Waals surface area contributed by atoms with Gasteiger partial charge in [0.05, 0.1) is 30.7 Å². The van der Waals surface area contributed by atoms with Crippen molar-refractivity contribution in [2.45, 2.75) is 13.8 Å². The minimum Gasteiger partial charge on any atom is -0.497 e. The van der Waals surface area contributed by atoms with Gasteiger partial charge >= 0.3 is 5.97 Å². The number of hydrogen-bond acceptors (Lipinski definition) is 4. The highest BCUT2D eigenvalue weighted by molar-refractivity contribution is 5.90. The summed E-state index contributed by atoms with van der Waals surface area (Å²) in [6.45, 7) is 3.94. The topological polar surface area (TPSA) is 48.4 Å². The summed E-state index contributed by atoms with van der Waals surface area (Å²) >= 11 is 0. The third kappa shape index (κ3) is 2.96. The second kappa shape index (κ2) is 6.19. The summed E-state index contributed by atoms with van der Waals surface area (Å²) < 4.78 is 10.2. The van der Waals surface area contributed by atoms with Crippen molar-refractivity contribution in [3.63, 3.8) is 0 Å². The van der Waals surface area contributed by atoms with Crippen molar-refractivity contribution in [1.82, 2.24) is 4.98 Å². The van der Waals surface area contributed by atoms with Crippen molar-refractivity contribution in [3.8, 4) is 17.0 Å². The van der Waals surface area contributed by atoms with Crippen molar-refractivity contribution in [3.05, 3.63) is 47.7 Å². The Hall–Kier alpha value is -2.36. The number of esters is 1. The van der Waals surface area contributed by atoms with Crippen LogP contribution in [0.1, 0.15) is 23.0 Å². The molecule has 1 aromatic carbocycles. The molecule has 0 aliphatic rings. The monoisotopic (exact) mass is 271 g/mol. The number of benzene rings is 1. The number of methoxy groups -OCH3 is 1. The third-order valence-corrected chi connectivity index (χ3v) is 2.95. The molecule has 0 spiro atoms. The highest BCUT2D eigenvalue weighted by atomic mass is 16.5. The highest BCUT2D eigenvalue weighted by Crippen LogP contribution is 2.23. The van der Waals surface area contributed by atoms with Gasteiger partial charge in [-0.05, 0) is 38.1 Å². The van der Waals surface area contributed by atoms with Gasteiger partial charge in [-0.1, -0.05) is 12.1 Å². The lowest BCUT2D eigenvalue weighted by molar-refractivity contribution is 0.0525. The number of aryl methyl sites for hydroxylation is 1. The zero-order valence-corrected chi connectivity index (χ0v) is 11.8. The first kappa shape index (κ1) is 14.1. The van der Waals surface area contributed by atoms with Crippen LogP contribution in [0, 0.1) is 6.92 Å². The molecule has 1 heterocycles. The molecule has 0 atom stereocenters. The smallest absolute Gasteiger partial charge is 0.339 e. The fraction of sp³-hybridized carbons (Fsp3) is 0.250. The van der Waals surface area contributed by atoms with E-state index < -0.39 is 0 Å². The fourth-order valence-electron chi connectivity index (χ4n) is 1.93. The Morgan fingerprint density at radius 1 is 1.25 bits per heavy atom. The van der Waals surface area contributed by atoms with E-state index in [0.717, 1.165) is 17.0 Å². The van der Waals surface area contributed by atoms with Crippen LogP contribution in [0.4, 0.5) is 0 Å². The van der Waals surface area contributed by atoms with Gasteiger partial charge in [-0.2, -0.15) is 0 Å². The Morgan fingerprint density at radius 2 is 2.05 bits per heavy atom. The fourth-order valence-corrected chi connectivity index (χ4v) is 1.93. The van der Waals surface area contributed by atoms with E-state index in [1.165, 1.54) is 0 Å². The third-order valence-electron chi connectivity index (χ3n) is 2.95. The van der Waals surface area contributed by atoms with Crippen LogP contribution in [0.5, 0.6) is 5.75 Å². The highest BCUT2D eigenvalue weighted by Gasteiger charge is 2.12. The Kier molecular flexibility index (Phi) is 4.35. The first-order chi connectivity index (χ1) is 9.65. The molecule has 104 valence electrons. The van der Waals surface area contributed by atoms with E-state index in [2.05, 4.69) is 4.98 Å². The SMILES string of the molecule is CCOC(=O)c1ccc(-c2cccc(OC)c2)nc1C. The number of hydrogen-bond donors (Lipinski definition) is 0. The van der Waals surface area contributed by atoms with Crippen LogP contribution in [-0.4, -0.2) is 24.7 Å². The lowest BCUT2D eigenvalue weighted by Crippen LogP contribution is -2.08. The number of ether oxygens (including phenoxy) is 2. The van der Waals surface area contributed by atoms with E-state index in [0.29, 0.717) is 17.9 Å². The Labute approximate surface area is 118 Å². The van der Waals surface area contributed by atoms with Crippen LogP contribution in [0.2, 0.25) is 0 Å². The van der Waals surface area contributed by atoms with Crippen LogP contribution >= 0.6 is 0 Å². The van der Waals surface area contributed by atoms with Crippen LogP contribution in [0.15, 0.2) is 36.4 Å². The predicted octanol–water partition coefficient (Wildman–Crippen LogP) is 3.24. The molecule has 0 saturated carbocycles. The number of aromatic nitrogens is 1. The number of nitrogens with zero attached hydrogens (tertiary/aromatic N) is 1. The van der Waals surface area contributed by atoms with Crippen molar-refractivity contribution in [1.29, 1.82) is 0 Å². The van der Waals surface area contributed by atoms with Crippen LogP contribution in [0.3, 0.4) is 0 Å². The molecule has 0 saturated heterocycles. The number of carbonyl (C=O) groups is 1. The summed E-state index contributed by atoms with van der Waals surface area (Å²) in [5.74, 6) is 0.436. The van der Waals surface area contributed by atoms with Gasteiger partial charge in [0.1, 0.15) is 5.75 Å². The Morgan fingerprint density at radius 3 is 2.70 bits per heavy atom. The van der Waals surface area contributed by atoms with E-state index in [1.807, 2.05) is 30.3 Å². The average molecular weight is 271 g/mol. The minimum absolute atomic E-state index is 0.338. The molecular formula is C16H17NO3. The summed E-state index contributed by atoms with van der Waals surface area (Å²) in [4.78, 5) is 16.2. The lowest BCUT2D eigenvalue weighted by Gasteiger charge is -2.08. The Bertz CT molecular complexity index is 623. The maximum Gasteiger partial charge on any atom is 0.339 e. The van der Waals surface area contributed by atoms with Crippen molar-refractivity contribution >= 4 is 5.97 Å². The van der Waals surface area contributed by atoms with Gasteiger partial charge in [0.15, 0.2) is 0 Å². The van der Waals surface area contributed by atoms with Gasteiger partial charge < -0.3 is 9.47 Å². The second-order valence-corrected chi connectivity index (χ2v) is 4.28. The molecule has 4 heteroatoms. The molecule has 0 unspecified atom stereocenters. The standard InChI is InChI=1S/C16H17NO3/c1-4-20-16(18)14-8-9-15(17-11(14)2)12-6-5-7-13(10-12)19-3/h5-10H,4H2,1-3H3. The second-order valence-electron chi connectivity index (χ2n) is 4.28. The average Bonchev–Trinajstić information content (AvgIpc) is 2.47. The summed E-state index contributed by atoms with van der Waals surface area (Å²) in [7, 11) is 1.63. The van der Waals surface area contributed by atoms with E-state index in [1.54, 1.807) is 27.0 Å². The molecular weight excluding hydrogens is 254 g/mol. The molecule has 0 fully saturated rings. The normalized spacial score (nSPS) is 10.2. The first-order valence-electron chi connectivity index (χ1n) is 6.45. The lowest BCUT2D eigenvalue weighted by atomic mass is 10.1. The molecule has 0 bridgehead atoms. The largest absolute Gasteiger partial charge is 0.497 e. The zero-order valence-electron chi connectivity index (χ0n) is 11.8. The van der Waals surface area contributed by atoms with Crippen LogP contribution in [-0.2, 0) is 4.74 Å². The molecule has 0 aliphatic heterocycles. The van der Waals surface area contributed by atoms with E-state index in [4.69, 9.17) is 9.47 Å². The molecule has 0 amide bonds. The summed E-state index contributed by atoms with van der Waals surface area (Å²) in [5.41, 5.74) is 2.90. The van der Waals surface area contributed by atoms with Gasteiger partial charge in [0, 0.05) is 5.56 Å². The van der Waals surface area contributed by atoms with Gasteiger partial charge in [0.25, 0.3) is 0 Å². The van der Waals surface area contributed by atoms with Gasteiger partial charge in [0.2, 0.25) is 0 Å². The number of carbonyl (C=O) groups excluding carboxylic acids is 1. The Balaban J connectivity index is 2.35. The number of pyridine rings is 1. The molecule has 1 aromatic heterocycles. The predicted molar refractivity (Wildman–Crippen MR) is 76.9 cm³/mol. The molecule has 0 N–H and O–H groups in total. The summed E-state index contributed by atoms with van der Waals surface area (Å²) in [6.07, 6.45) is 0. The number of rotatable bonds is 4. The van der Waals surface area contributed by atoms with Crippen molar-refractivity contribution in [2.24, 2.45) is 0 Å².